The summed E-state index contributed by atoms with van der Waals surface area (Å²) >= 11 is 0. The van der Waals surface area contributed by atoms with E-state index in [1.807, 2.05) is 19.1 Å². The van der Waals surface area contributed by atoms with Gasteiger partial charge in [0.2, 0.25) is 10.0 Å². The fourth-order valence-corrected chi connectivity index (χ4v) is 4.08. The van der Waals surface area contributed by atoms with Crippen LogP contribution in [0.2, 0.25) is 0 Å². The predicted molar refractivity (Wildman–Crippen MR) is 138 cm³/mol. The average molecular weight is 568 g/mol. The maximum Gasteiger partial charge on any atom is 0.208 e. The molecule has 1 unspecified atom stereocenters. The second-order valence-electron chi connectivity index (χ2n) is 7.55. The second kappa shape index (κ2) is 14.9. The highest BCUT2D eigenvalue weighted by molar-refractivity contribution is 14.0. The van der Waals surface area contributed by atoms with Gasteiger partial charge in [-0.2, -0.15) is 0 Å². The number of piperidine rings is 1. The molecule has 3 N–H and O–H groups in total. The SMILES string of the molecule is CCNC(=NCC(c1ccc(OC)cc1)N1CCCCC1)NCCCNS(C)(=O)=O.I. The number of methoxy groups -OCH3 is 1. The summed E-state index contributed by atoms with van der Waals surface area (Å²) in [5.74, 6) is 1.62. The Hall–Kier alpha value is -1.11. The summed E-state index contributed by atoms with van der Waals surface area (Å²) < 4.78 is 30.1. The molecule has 0 saturated carbocycles. The van der Waals surface area contributed by atoms with E-state index >= 15 is 0 Å². The fourth-order valence-electron chi connectivity index (χ4n) is 3.56. The number of halogens is 1. The van der Waals surface area contributed by atoms with Gasteiger partial charge in [-0.05, 0) is 57.0 Å². The molecule has 31 heavy (non-hydrogen) atoms. The lowest BCUT2D eigenvalue weighted by Gasteiger charge is -2.34. The van der Waals surface area contributed by atoms with Gasteiger partial charge in [0.1, 0.15) is 5.75 Å². The van der Waals surface area contributed by atoms with Gasteiger partial charge in [0.05, 0.1) is 26.0 Å². The zero-order chi connectivity index (χ0) is 21.8. The summed E-state index contributed by atoms with van der Waals surface area (Å²) in [6.07, 6.45) is 5.60. The van der Waals surface area contributed by atoms with E-state index in [9.17, 15) is 8.42 Å². The van der Waals surface area contributed by atoms with Crippen LogP contribution in [0.25, 0.3) is 0 Å². The number of hydrogen-bond acceptors (Lipinski definition) is 5. The predicted octanol–water partition coefficient (Wildman–Crippen LogP) is 2.33. The van der Waals surface area contributed by atoms with Crippen LogP contribution >= 0.6 is 24.0 Å². The van der Waals surface area contributed by atoms with E-state index in [1.54, 1.807) is 7.11 Å². The first-order valence-electron chi connectivity index (χ1n) is 10.8. The molecular weight excluding hydrogens is 529 g/mol. The molecule has 1 atom stereocenters. The first-order valence-corrected chi connectivity index (χ1v) is 12.7. The number of hydrogen-bond donors (Lipinski definition) is 3. The molecule has 1 fully saturated rings. The smallest absolute Gasteiger partial charge is 0.208 e. The van der Waals surface area contributed by atoms with Gasteiger partial charge in [-0.25, -0.2) is 13.1 Å². The van der Waals surface area contributed by atoms with E-state index in [4.69, 9.17) is 9.73 Å². The van der Waals surface area contributed by atoms with E-state index in [2.05, 4.69) is 32.4 Å². The summed E-state index contributed by atoms with van der Waals surface area (Å²) in [5, 5.41) is 6.58. The molecule has 0 aliphatic carbocycles. The second-order valence-corrected chi connectivity index (χ2v) is 9.39. The number of aliphatic imine (C=N–C) groups is 1. The first kappa shape index (κ1) is 27.9. The van der Waals surface area contributed by atoms with Gasteiger partial charge < -0.3 is 15.4 Å². The standard InChI is InChI=1S/C21H37N5O3S.HI/c1-4-22-21(23-13-8-14-25-30(3,27)28)24-17-20(26-15-6-5-7-16-26)18-9-11-19(29-2)12-10-18;/h9-12,20,25H,4-8,13-17H2,1-3H3,(H2,22,23,24);1H. The molecule has 1 aliphatic rings. The number of rotatable bonds is 11. The van der Waals surface area contributed by atoms with Crippen molar-refractivity contribution in [3.05, 3.63) is 29.8 Å². The lowest BCUT2D eigenvalue weighted by molar-refractivity contribution is 0.167. The molecule has 0 aromatic heterocycles. The molecule has 1 saturated heterocycles. The molecule has 1 aromatic carbocycles. The monoisotopic (exact) mass is 567 g/mol. The number of sulfonamides is 1. The van der Waals surface area contributed by atoms with Crippen LogP contribution in [-0.2, 0) is 10.0 Å². The number of guanidine groups is 1. The van der Waals surface area contributed by atoms with Crippen molar-refractivity contribution in [3.8, 4) is 5.75 Å². The average Bonchev–Trinajstić information content (AvgIpc) is 2.74. The molecule has 0 bridgehead atoms. The summed E-state index contributed by atoms with van der Waals surface area (Å²) in [7, 11) is -1.46. The van der Waals surface area contributed by atoms with Gasteiger partial charge in [-0.15, -0.1) is 24.0 Å². The van der Waals surface area contributed by atoms with Crippen LogP contribution < -0.4 is 20.1 Å². The molecule has 0 spiro atoms. The van der Waals surface area contributed by atoms with E-state index in [0.717, 1.165) is 31.3 Å². The maximum atomic E-state index is 11.2. The largest absolute Gasteiger partial charge is 0.497 e. The highest BCUT2D eigenvalue weighted by atomic mass is 127. The summed E-state index contributed by atoms with van der Waals surface area (Å²) in [5.41, 5.74) is 1.25. The lowest BCUT2D eigenvalue weighted by atomic mass is 10.0. The van der Waals surface area contributed by atoms with Crippen molar-refractivity contribution in [3.63, 3.8) is 0 Å². The highest BCUT2D eigenvalue weighted by Crippen LogP contribution is 2.26. The minimum absolute atomic E-state index is 0. The van der Waals surface area contributed by atoms with Gasteiger partial charge in [0.25, 0.3) is 0 Å². The molecule has 1 aromatic rings. The Morgan fingerprint density at radius 1 is 1.13 bits per heavy atom. The molecule has 1 aliphatic heterocycles. The van der Waals surface area contributed by atoms with E-state index in [-0.39, 0.29) is 30.0 Å². The molecule has 10 heteroatoms. The Morgan fingerprint density at radius 3 is 2.39 bits per heavy atom. The van der Waals surface area contributed by atoms with Crippen molar-refractivity contribution in [2.75, 3.05) is 52.6 Å². The zero-order valence-electron chi connectivity index (χ0n) is 18.9. The zero-order valence-corrected chi connectivity index (χ0v) is 22.0. The lowest BCUT2D eigenvalue weighted by Crippen LogP contribution is -2.40. The van der Waals surface area contributed by atoms with Gasteiger partial charge in [0, 0.05) is 19.6 Å². The van der Waals surface area contributed by atoms with Crippen LogP contribution in [0.5, 0.6) is 5.75 Å². The quantitative estimate of drug-likeness (QED) is 0.165. The van der Waals surface area contributed by atoms with Crippen LogP contribution in [0.15, 0.2) is 29.3 Å². The first-order chi connectivity index (χ1) is 14.4. The molecule has 1 heterocycles. The van der Waals surface area contributed by atoms with E-state index < -0.39 is 10.0 Å². The third-order valence-corrected chi connectivity index (χ3v) is 5.84. The Bertz CT molecular complexity index is 753. The van der Waals surface area contributed by atoms with Crippen molar-refractivity contribution >= 4 is 40.0 Å². The van der Waals surface area contributed by atoms with E-state index in [0.29, 0.717) is 26.1 Å². The van der Waals surface area contributed by atoms with Crippen molar-refractivity contribution in [2.45, 2.75) is 38.6 Å². The maximum absolute atomic E-state index is 11.2. The minimum atomic E-state index is -3.14. The number of likely N-dealkylation sites (tertiary alicyclic amines) is 1. The molecule has 0 radical (unpaired) electrons. The van der Waals surface area contributed by atoms with Gasteiger partial charge in [0.15, 0.2) is 5.96 Å². The molecule has 8 nitrogen and oxygen atoms in total. The van der Waals surface area contributed by atoms with E-state index in [1.165, 1.54) is 31.1 Å². The number of benzene rings is 1. The molecule has 2 rings (SSSR count). The Kier molecular flexibility index (Phi) is 13.4. The van der Waals surface area contributed by atoms with Crippen molar-refractivity contribution in [1.29, 1.82) is 0 Å². The van der Waals surface area contributed by atoms with Crippen LogP contribution in [0, 0.1) is 0 Å². The summed E-state index contributed by atoms with van der Waals surface area (Å²) in [6.45, 7) is 6.70. The molecule has 178 valence electrons. The van der Waals surface area contributed by atoms with Gasteiger partial charge in [-0.1, -0.05) is 18.6 Å². The van der Waals surface area contributed by atoms with Gasteiger partial charge >= 0.3 is 0 Å². The summed E-state index contributed by atoms with van der Waals surface area (Å²) in [6, 6.07) is 8.50. The topological polar surface area (TPSA) is 95.1 Å². The van der Waals surface area contributed by atoms with Crippen LogP contribution in [-0.4, -0.2) is 71.9 Å². The minimum Gasteiger partial charge on any atom is -0.497 e. The Labute approximate surface area is 204 Å². The van der Waals surface area contributed by atoms with Crippen LogP contribution in [0.1, 0.15) is 44.2 Å². The Balaban J connectivity index is 0.00000480. The Morgan fingerprint density at radius 2 is 1.81 bits per heavy atom. The molecular formula is C21H38IN5O3S. The van der Waals surface area contributed by atoms with Crippen LogP contribution in [0.4, 0.5) is 0 Å². The van der Waals surface area contributed by atoms with Crippen molar-refractivity contribution in [2.24, 2.45) is 4.99 Å². The van der Waals surface area contributed by atoms with Crippen LogP contribution in [0.3, 0.4) is 0 Å². The highest BCUT2D eigenvalue weighted by Gasteiger charge is 2.22. The summed E-state index contributed by atoms with van der Waals surface area (Å²) in [4.78, 5) is 7.36. The normalized spacial score (nSPS) is 16.3. The number of ether oxygens (including phenoxy) is 1. The van der Waals surface area contributed by atoms with Gasteiger partial charge in [-0.3, -0.25) is 9.89 Å². The number of nitrogens with one attached hydrogen (secondary N) is 3. The third kappa shape index (κ3) is 10.8. The van der Waals surface area contributed by atoms with Crippen molar-refractivity contribution < 1.29 is 13.2 Å². The molecule has 0 amide bonds. The fraction of sp³-hybridized carbons (Fsp3) is 0.667. The third-order valence-electron chi connectivity index (χ3n) is 5.11. The van der Waals surface area contributed by atoms with Crippen molar-refractivity contribution in [1.82, 2.24) is 20.3 Å². The number of nitrogens with zero attached hydrogens (tertiary/aromatic N) is 2.